The van der Waals surface area contributed by atoms with E-state index >= 15 is 0 Å². The fraction of sp³-hybridized carbons (Fsp3) is 0.615. The Morgan fingerprint density at radius 3 is 2.80 bits per heavy atom. The molecule has 3 nitrogen and oxygen atoms in total. The highest BCUT2D eigenvalue weighted by molar-refractivity contribution is 7.94. The number of allylic oxidation sites excluding steroid dienone is 8. The second-order valence-electron chi connectivity index (χ2n) is 9.88. The van der Waals surface area contributed by atoms with Gasteiger partial charge >= 0.3 is 0 Å². The van der Waals surface area contributed by atoms with Gasteiger partial charge in [-0.1, -0.05) is 61.4 Å². The Kier molecular flexibility index (Phi) is 6.98. The second kappa shape index (κ2) is 9.00. The summed E-state index contributed by atoms with van der Waals surface area (Å²) in [6.07, 6.45) is 17.7. The Morgan fingerprint density at radius 2 is 2.10 bits per heavy atom. The summed E-state index contributed by atoms with van der Waals surface area (Å²) in [5, 5.41) is 10.0. The van der Waals surface area contributed by atoms with E-state index in [4.69, 9.17) is 0 Å². The van der Waals surface area contributed by atoms with Gasteiger partial charge in [0.15, 0.2) is 9.84 Å². The van der Waals surface area contributed by atoms with Gasteiger partial charge in [-0.05, 0) is 81.1 Å². The maximum absolute atomic E-state index is 11.7. The Hall–Kier alpha value is -1.39. The van der Waals surface area contributed by atoms with E-state index in [0.29, 0.717) is 16.7 Å². The average Bonchev–Trinajstić information content (AvgIpc) is 3.03. The quantitative estimate of drug-likeness (QED) is 0.540. The van der Waals surface area contributed by atoms with Crippen LogP contribution < -0.4 is 0 Å². The molecule has 0 aromatic carbocycles. The molecule has 3 aliphatic rings. The number of rotatable bonds is 5. The summed E-state index contributed by atoms with van der Waals surface area (Å²) in [6.45, 7) is 10.5. The van der Waals surface area contributed by atoms with Crippen molar-refractivity contribution in [3.63, 3.8) is 0 Å². The van der Waals surface area contributed by atoms with E-state index in [0.717, 1.165) is 38.5 Å². The van der Waals surface area contributed by atoms with Crippen LogP contribution in [0.3, 0.4) is 0 Å². The van der Waals surface area contributed by atoms with E-state index in [1.54, 1.807) is 6.92 Å². The van der Waals surface area contributed by atoms with E-state index < -0.39 is 9.84 Å². The highest BCUT2D eigenvalue weighted by Gasteiger charge is 2.45. The molecule has 0 spiro atoms. The molecule has 4 unspecified atom stereocenters. The first-order chi connectivity index (χ1) is 14.0. The van der Waals surface area contributed by atoms with Gasteiger partial charge in [0, 0.05) is 11.2 Å². The van der Waals surface area contributed by atoms with Crippen molar-refractivity contribution >= 4 is 9.84 Å². The topological polar surface area (TPSA) is 54.4 Å². The van der Waals surface area contributed by atoms with Crippen molar-refractivity contribution in [1.82, 2.24) is 0 Å². The normalized spacial score (nSPS) is 34.2. The third-order valence-electron chi connectivity index (χ3n) is 7.67. The van der Waals surface area contributed by atoms with E-state index in [9.17, 15) is 13.5 Å². The number of aliphatic hydroxyl groups is 1. The van der Waals surface area contributed by atoms with Gasteiger partial charge in [0.2, 0.25) is 0 Å². The van der Waals surface area contributed by atoms with Crippen LogP contribution in [0.15, 0.2) is 58.1 Å². The zero-order chi connectivity index (χ0) is 22.1. The highest BCUT2D eigenvalue weighted by Crippen LogP contribution is 2.57. The average molecular weight is 431 g/mol. The molecule has 0 amide bonds. The van der Waals surface area contributed by atoms with E-state index in [1.165, 1.54) is 41.4 Å². The first-order valence-corrected chi connectivity index (χ1v) is 13.2. The minimum Gasteiger partial charge on any atom is -0.393 e. The van der Waals surface area contributed by atoms with Crippen molar-refractivity contribution in [1.29, 1.82) is 0 Å². The van der Waals surface area contributed by atoms with Crippen molar-refractivity contribution in [2.24, 2.45) is 17.3 Å². The van der Waals surface area contributed by atoms with Crippen molar-refractivity contribution in [2.75, 3.05) is 6.26 Å². The molecule has 4 atom stereocenters. The highest BCUT2D eigenvalue weighted by atomic mass is 32.2. The summed E-state index contributed by atoms with van der Waals surface area (Å²) in [5.74, 6) is 0.880. The first-order valence-electron chi connectivity index (χ1n) is 11.4. The zero-order valence-electron chi connectivity index (χ0n) is 19.1. The maximum Gasteiger partial charge on any atom is 0.171 e. The van der Waals surface area contributed by atoms with E-state index in [1.807, 2.05) is 6.08 Å². The van der Waals surface area contributed by atoms with Gasteiger partial charge in [-0.15, -0.1) is 0 Å². The molecule has 166 valence electrons. The van der Waals surface area contributed by atoms with Crippen LogP contribution in [0, 0.1) is 17.3 Å². The minimum atomic E-state index is -3.09. The van der Waals surface area contributed by atoms with Crippen LogP contribution in [-0.4, -0.2) is 25.9 Å². The van der Waals surface area contributed by atoms with Gasteiger partial charge in [-0.3, -0.25) is 0 Å². The summed E-state index contributed by atoms with van der Waals surface area (Å²) in [6, 6.07) is 0. The van der Waals surface area contributed by atoms with Crippen LogP contribution in [0.25, 0.3) is 0 Å². The zero-order valence-corrected chi connectivity index (χ0v) is 19.9. The van der Waals surface area contributed by atoms with E-state index in [2.05, 4.69) is 38.7 Å². The molecule has 3 aliphatic carbocycles. The number of fused-ring (bicyclic) bond motifs is 1. The van der Waals surface area contributed by atoms with Crippen LogP contribution in [0.1, 0.15) is 72.1 Å². The standard InChI is InChI=1S/C26H38O3S/c1-18-9-13-23(27)17-22(18)12-11-21-7-6-16-26(4)24(14-15-25(21)26)19(2)8-10-20(3)30(5,28)29/h10-12,14,19,23,25,27H,1,6-9,13,15-17H2,2-5H3/b20-10+,21-11+,22-12-. The molecule has 0 radical (unpaired) electrons. The van der Waals surface area contributed by atoms with Gasteiger partial charge in [0.1, 0.15) is 0 Å². The molecule has 4 heteroatoms. The van der Waals surface area contributed by atoms with Crippen molar-refractivity contribution in [3.05, 3.63) is 58.1 Å². The number of hydrogen-bond acceptors (Lipinski definition) is 3. The smallest absolute Gasteiger partial charge is 0.171 e. The predicted molar refractivity (Wildman–Crippen MR) is 126 cm³/mol. The predicted octanol–water partition coefficient (Wildman–Crippen LogP) is 6.05. The van der Waals surface area contributed by atoms with Crippen molar-refractivity contribution in [2.45, 2.75) is 78.2 Å². The molecule has 1 N–H and O–H groups in total. The Bertz CT molecular complexity index is 916. The molecule has 0 aromatic rings. The summed E-state index contributed by atoms with van der Waals surface area (Å²) >= 11 is 0. The molecular formula is C26H38O3S. The van der Waals surface area contributed by atoms with Crippen molar-refractivity contribution in [3.8, 4) is 0 Å². The molecule has 0 aliphatic heterocycles. The number of sulfone groups is 1. The Morgan fingerprint density at radius 1 is 1.37 bits per heavy atom. The third-order valence-corrected chi connectivity index (χ3v) is 9.01. The number of aliphatic hydroxyl groups excluding tert-OH is 1. The van der Waals surface area contributed by atoms with Gasteiger partial charge in [0.05, 0.1) is 6.10 Å². The molecule has 2 fully saturated rings. The molecule has 2 saturated carbocycles. The summed E-state index contributed by atoms with van der Waals surface area (Å²) in [7, 11) is -3.09. The second-order valence-corrected chi connectivity index (χ2v) is 12.1. The lowest BCUT2D eigenvalue weighted by molar-refractivity contribution is 0.158. The largest absolute Gasteiger partial charge is 0.393 e. The molecule has 0 heterocycles. The Labute approximate surface area is 183 Å². The molecule has 0 bridgehead atoms. The summed E-state index contributed by atoms with van der Waals surface area (Å²) in [4.78, 5) is 0.473. The Balaban J connectivity index is 1.77. The van der Waals surface area contributed by atoms with Crippen LogP contribution >= 0.6 is 0 Å². The lowest BCUT2D eigenvalue weighted by atomic mass is 9.62. The molecule has 30 heavy (non-hydrogen) atoms. The van der Waals surface area contributed by atoms with Crippen molar-refractivity contribution < 1.29 is 13.5 Å². The lowest BCUT2D eigenvalue weighted by Crippen LogP contribution is -2.32. The van der Waals surface area contributed by atoms with Crippen LogP contribution in [0.2, 0.25) is 0 Å². The van der Waals surface area contributed by atoms with Crippen LogP contribution in [-0.2, 0) is 9.84 Å². The summed E-state index contributed by atoms with van der Waals surface area (Å²) < 4.78 is 23.5. The van der Waals surface area contributed by atoms with Gasteiger partial charge in [-0.25, -0.2) is 8.42 Å². The minimum absolute atomic E-state index is 0.165. The van der Waals surface area contributed by atoms with Crippen LogP contribution in [0.5, 0.6) is 0 Å². The number of hydrogen-bond donors (Lipinski definition) is 1. The lowest BCUT2D eigenvalue weighted by Gasteiger charge is -2.42. The fourth-order valence-corrected chi connectivity index (χ4v) is 6.03. The van der Waals surface area contributed by atoms with Gasteiger partial charge in [-0.2, -0.15) is 0 Å². The molecule has 3 rings (SSSR count). The SMILES string of the molecule is C=C1CCC(O)C/C1=C/C=C1\CCCC2(C)C(C(C)C/C=C(\C)S(C)(=O)=O)=CCC12. The first kappa shape index (κ1) is 23.3. The maximum atomic E-state index is 11.7. The molecule has 0 saturated heterocycles. The van der Waals surface area contributed by atoms with Gasteiger partial charge < -0.3 is 5.11 Å². The monoisotopic (exact) mass is 430 g/mol. The molecular weight excluding hydrogens is 392 g/mol. The third kappa shape index (κ3) is 4.91. The fourth-order valence-electron chi connectivity index (χ4n) is 5.63. The molecule has 0 aromatic heterocycles. The summed E-state index contributed by atoms with van der Waals surface area (Å²) in [5.41, 5.74) is 5.56. The van der Waals surface area contributed by atoms with E-state index in [-0.39, 0.29) is 11.5 Å². The van der Waals surface area contributed by atoms with Gasteiger partial charge in [0.25, 0.3) is 0 Å². The van der Waals surface area contributed by atoms with Crippen LogP contribution in [0.4, 0.5) is 0 Å².